The van der Waals surface area contributed by atoms with E-state index in [4.69, 9.17) is 9.47 Å². The first kappa shape index (κ1) is 32.0. The molecular formula is C38H31FO6S2. The second-order valence-corrected chi connectivity index (χ2v) is 15.4. The Balaban J connectivity index is 1.61. The summed E-state index contributed by atoms with van der Waals surface area (Å²) in [5.41, 5.74) is 0.778. The van der Waals surface area contributed by atoms with Crippen LogP contribution >= 0.6 is 0 Å². The van der Waals surface area contributed by atoms with Crippen LogP contribution in [0, 0.1) is 0 Å². The Kier molecular flexibility index (Phi) is 8.61. The average molecular weight is 667 g/mol. The summed E-state index contributed by atoms with van der Waals surface area (Å²) >= 11 is 0. The number of fused-ring (bicyclic) bond motifs is 2. The zero-order chi connectivity index (χ0) is 33.2. The molecule has 0 amide bonds. The summed E-state index contributed by atoms with van der Waals surface area (Å²) in [6.07, 6.45) is 2.89. The van der Waals surface area contributed by atoms with Crippen LogP contribution in [0.4, 0.5) is 4.39 Å². The van der Waals surface area contributed by atoms with Gasteiger partial charge in [-0.3, -0.25) is 0 Å². The van der Waals surface area contributed by atoms with E-state index in [0.717, 1.165) is 16.2 Å². The Morgan fingerprint density at radius 1 is 0.574 bits per heavy atom. The third-order valence-corrected chi connectivity index (χ3v) is 13.3. The van der Waals surface area contributed by atoms with Crippen LogP contribution in [0.5, 0.6) is 11.5 Å². The van der Waals surface area contributed by atoms with Crippen molar-refractivity contribution >= 4 is 47.3 Å². The highest BCUT2D eigenvalue weighted by Gasteiger charge is 2.62. The van der Waals surface area contributed by atoms with Crippen molar-refractivity contribution in [3.05, 3.63) is 151 Å². The maximum Gasteiger partial charge on any atom is 0.327 e. The number of alkyl halides is 1. The van der Waals surface area contributed by atoms with Crippen LogP contribution in [0.15, 0.2) is 149 Å². The van der Waals surface area contributed by atoms with Gasteiger partial charge in [0, 0.05) is 0 Å². The monoisotopic (exact) mass is 666 g/mol. The largest absolute Gasteiger partial charge is 0.497 e. The summed E-state index contributed by atoms with van der Waals surface area (Å²) in [5.74, 6) is -0.501. The van der Waals surface area contributed by atoms with Gasteiger partial charge in [0.2, 0.25) is 19.7 Å². The molecule has 6 rings (SSSR count). The van der Waals surface area contributed by atoms with Crippen LogP contribution in [-0.2, 0) is 19.7 Å². The van der Waals surface area contributed by atoms with Crippen LogP contribution in [0.2, 0.25) is 0 Å². The Labute approximate surface area is 273 Å². The number of ether oxygens (including phenoxy) is 2. The molecule has 1 atom stereocenters. The third-order valence-electron chi connectivity index (χ3n) is 8.19. The second-order valence-electron chi connectivity index (χ2n) is 11.0. The van der Waals surface area contributed by atoms with Crippen LogP contribution in [0.1, 0.15) is 17.0 Å². The van der Waals surface area contributed by atoms with E-state index in [1.807, 2.05) is 30.3 Å². The lowest BCUT2D eigenvalue weighted by molar-refractivity contribution is 0.331. The van der Waals surface area contributed by atoms with Gasteiger partial charge < -0.3 is 9.47 Å². The minimum Gasteiger partial charge on any atom is -0.497 e. The molecule has 0 radical (unpaired) electrons. The molecule has 0 saturated heterocycles. The molecule has 0 aliphatic rings. The van der Waals surface area contributed by atoms with Crippen molar-refractivity contribution in [2.45, 2.75) is 20.0 Å². The van der Waals surface area contributed by atoms with Gasteiger partial charge in [-0.25, -0.2) is 21.2 Å². The molecule has 0 unspecified atom stereocenters. The summed E-state index contributed by atoms with van der Waals surface area (Å²) in [6, 6.07) is 34.9. The molecule has 6 aromatic carbocycles. The van der Waals surface area contributed by atoms with Crippen LogP contribution in [0.25, 0.3) is 27.6 Å². The van der Waals surface area contributed by atoms with Crippen molar-refractivity contribution in [3.8, 4) is 11.5 Å². The zero-order valence-electron chi connectivity index (χ0n) is 25.6. The van der Waals surface area contributed by atoms with Gasteiger partial charge in [0.25, 0.3) is 0 Å². The Morgan fingerprint density at radius 2 is 1.02 bits per heavy atom. The minimum atomic E-state index is -5.20. The maximum atomic E-state index is 18.4. The van der Waals surface area contributed by atoms with Gasteiger partial charge in [0.1, 0.15) is 11.5 Å². The first-order valence-corrected chi connectivity index (χ1v) is 17.7. The molecule has 0 heterocycles. The predicted octanol–water partition coefficient (Wildman–Crippen LogP) is 8.38. The first-order valence-electron chi connectivity index (χ1n) is 14.7. The average Bonchev–Trinajstić information content (AvgIpc) is 3.11. The number of methoxy groups -OCH3 is 2. The molecule has 0 bridgehead atoms. The molecule has 0 spiro atoms. The van der Waals surface area contributed by atoms with Crippen molar-refractivity contribution in [2.24, 2.45) is 0 Å². The van der Waals surface area contributed by atoms with E-state index in [-0.39, 0.29) is 5.56 Å². The fourth-order valence-electron chi connectivity index (χ4n) is 5.67. The molecule has 0 saturated carbocycles. The van der Waals surface area contributed by atoms with Gasteiger partial charge in [0.05, 0.1) is 29.9 Å². The Hall–Kier alpha value is -4.99. The number of sulfone groups is 2. The fraction of sp³-hybridized carbons (Fsp3) is 0.105. The van der Waals surface area contributed by atoms with Crippen molar-refractivity contribution in [2.75, 3.05) is 14.2 Å². The van der Waals surface area contributed by atoms with Crippen LogP contribution in [0.3, 0.4) is 0 Å². The molecule has 6 nitrogen and oxygen atoms in total. The van der Waals surface area contributed by atoms with Gasteiger partial charge in [-0.1, -0.05) is 91.0 Å². The molecule has 6 aromatic rings. The Morgan fingerprint density at radius 3 is 1.53 bits per heavy atom. The second kappa shape index (κ2) is 12.7. The highest BCUT2D eigenvalue weighted by Crippen LogP contribution is 2.48. The van der Waals surface area contributed by atoms with Gasteiger partial charge in [-0.15, -0.1) is 0 Å². The van der Waals surface area contributed by atoms with E-state index < -0.39 is 39.7 Å². The number of allylic oxidation sites excluding steroid dienone is 1. The van der Waals surface area contributed by atoms with E-state index in [9.17, 15) is 16.8 Å². The van der Waals surface area contributed by atoms with Crippen molar-refractivity contribution in [1.29, 1.82) is 0 Å². The molecule has 238 valence electrons. The lowest BCUT2D eigenvalue weighted by Gasteiger charge is -2.32. The summed E-state index contributed by atoms with van der Waals surface area (Å²) in [6.45, 7) is 0. The van der Waals surface area contributed by atoms with Crippen molar-refractivity contribution in [3.63, 3.8) is 0 Å². The van der Waals surface area contributed by atoms with Crippen LogP contribution in [-0.4, -0.2) is 35.4 Å². The van der Waals surface area contributed by atoms with Gasteiger partial charge in [-0.05, 0) is 87.3 Å². The van der Waals surface area contributed by atoms with E-state index in [1.165, 1.54) is 54.6 Å². The summed E-state index contributed by atoms with van der Waals surface area (Å²) in [4.78, 5) is -0.906. The van der Waals surface area contributed by atoms with Gasteiger partial charge >= 0.3 is 4.33 Å². The van der Waals surface area contributed by atoms with Gasteiger partial charge in [-0.2, -0.15) is 0 Å². The van der Waals surface area contributed by atoms with Crippen molar-refractivity contribution < 1.29 is 30.7 Å². The highest BCUT2D eigenvalue weighted by atomic mass is 32.3. The molecule has 9 heteroatoms. The molecule has 47 heavy (non-hydrogen) atoms. The predicted molar refractivity (Wildman–Crippen MR) is 184 cm³/mol. The lowest BCUT2D eigenvalue weighted by atomic mass is 9.95. The SMILES string of the molecule is COc1ccc2cc(/C=C/[C@H](c3ccc4cc(OC)ccc4c3)C(F)(S(=O)(=O)c3ccccc3)S(=O)(=O)c3ccccc3)ccc2c1. The Bertz CT molecular complexity index is 2250. The van der Waals surface area contributed by atoms with E-state index in [1.54, 1.807) is 74.9 Å². The molecule has 0 aromatic heterocycles. The van der Waals surface area contributed by atoms with E-state index in [2.05, 4.69) is 0 Å². The number of hydrogen-bond acceptors (Lipinski definition) is 6. The number of hydrogen-bond donors (Lipinski definition) is 0. The quantitative estimate of drug-likeness (QED) is 0.146. The first-order chi connectivity index (χ1) is 22.6. The lowest BCUT2D eigenvalue weighted by Crippen LogP contribution is -2.47. The van der Waals surface area contributed by atoms with E-state index >= 15 is 4.39 Å². The molecule has 0 fully saturated rings. The number of halogens is 1. The molecular weight excluding hydrogens is 636 g/mol. The zero-order valence-corrected chi connectivity index (χ0v) is 27.2. The smallest absolute Gasteiger partial charge is 0.327 e. The highest BCUT2D eigenvalue weighted by molar-refractivity contribution is 8.10. The number of benzene rings is 6. The molecule has 0 aliphatic heterocycles. The summed E-state index contributed by atoms with van der Waals surface area (Å²) in [5, 5.41) is 3.17. The maximum absolute atomic E-state index is 18.4. The topological polar surface area (TPSA) is 86.7 Å². The van der Waals surface area contributed by atoms with Gasteiger partial charge in [0.15, 0.2) is 0 Å². The fourth-order valence-corrected chi connectivity index (χ4v) is 10.2. The summed E-state index contributed by atoms with van der Waals surface area (Å²) < 4.78 is 83.0. The minimum absolute atomic E-state index is 0.158. The van der Waals surface area contributed by atoms with Crippen molar-refractivity contribution in [1.82, 2.24) is 0 Å². The summed E-state index contributed by atoms with van der Waals surface area (Å²) in [7, 11) is -7.29. The number of rotatable bonds is 10. The standard InChI is InChI=1S/C38H31FO6S2/c1-44-33-20-18-28-23-27(13-15-30(28)25-33)14-22-37(32-17-16-31-26-34(45-2)21-19-29(31)24-32)38(39,46(40,41)35-9-5-3-6-10-35)47(42,43)36-11-7-4-8-12-36/h3-26,37H,1-2H3/b22-14+/t37-/m1/s1. The molecule has 0 aliphatic carbocycles. The van der Waals surface area contributed by atoms with E-state index in [0.29, 0.717) is 22.4 Å². The third kappa shape index (κ3) is 5.77. The normalized spacial score (nSPS) is 13.2. The molecule has 0 N–H and O–H groups in total. The van der Waals surface area contributed by atoms with Crippen LogP contribution < -0.4 is 9.47 Å².